The number of amides is 1. The molecule has 6 heteroatoms. The average Bonchev–Trinajstić information content (AvgIpc) is 2.21. The summed E-state index contributed by atoms with van der Waals surface area (Å²) in [5, 5.41) is 2.76. The second kappa shape index (κ2) is 5.58. The van der Waals surface area contributed by atoms with E-state index in [0.29, 0.717) is 12.7 Å². The number of benzene rings is 1. The highest BCUT2D eigenvalue weighted by molar-refractivity contribution is 5.94. The van der Waals surface area contributed by atoms with Gasteiger partial charge in [0.05, 0.1) is 17.9 Å². The van der Waals surface area contributed by atoms with Crippen LogP contribution in [0.4, 0.5) is 14.5 Å². The Morgan fingerprint density at radius 2 is 2.12 bits per heavy atom. The molecule has 1 aromatic rings. The molecule has 17 heavy (non-hydrogen) atoms. The number of nitrogens with one attached hydrogen (secondary N) is 1. The van der Waals surface area contributed by atoms with E-state index in [4.69, 9.17) is 10.5 Å². The van der Waals surface area contributed by atoms with Crippen molar-refractivity contribution in [1.82, 2.24) is 0 Å². The number of nitrogens with two attached hydrogens (primary N) is 1. The molecule has 94 valence electrons. The molecule has 1 aromatic carbocycles. The van der Waals surface area contributed by atoms with Gasteiger partial charge in [0.25, 0.3) is 5.91 Å². The van der Waals surface area contributed by atoms with E-state index >= 15 is 0 Å². The minimum Gasteiger partial charge on any atom is -0.383 e. The van der Waals surface area contributed by atoms with Crippen molar-refractivity contribution in [2.24, 2.45) is 5.73 Å². The van der Waals surface area contributed by atoms with E-state index in [9.17, 15) is 13.6 Å². The molecule has 1 atom stereocenters. The summed E-state index contributed by atoms with van der Waals surface area (Å²) < 4.78 is 31.4. The van der Waals surface area contributed by atoms with E-state index in [1.165, 1.54) is 7.11 Å². The van der Waals surface area contributed by atoms with Crippen LogP contribution >= 0.6 is 0 Å². The predicted octanol–water partition coefficient (Wildman–Crippen LogP) is 1.51. The van der Waals surface area contributed by atoms with Gasteiger partial charge in [-0.3, -0.25) is 4.79 Å². The number of carbonyl (C=O) groups is 1. The van der Waals surface area contributed by atoms with E-state index in [1.807, 2.05) is 0 Å². The third-order valence-electron chi connectivity index (χ3n) is 2.14. The van der Waals surface area contributed by atoms with E-state index in [0.717, 1.165) is 6.07 Å². The number of hydrogen-bond acceptors (Lipinski definition) is 3. The largest absolute Gasteiger partial charge is 0.383 e. The number of methoxy groups -OCH3 is 1. The van der Waals surface area contributed by atoms with Crippen LogP contribution in [-0.2, 0) is 4.74 Å². The van der Waals surface area contributed by atoms with Gasteiger partial charge >= 0.3 is 0 Å². The quantitative estimate of drug-likeness (QED) is 0.825. The van der Waals surface area contributed by atoms with Crippen LogP contribution in [0.25, 0.3) is 0 Å². The highest BCUT2D eigenvalue weighted by Crippen LogP contribution is 2.20. The molecule has 0 saturated carbocycles. The van der Waals surface area contributed by atoms with Crippen molar-refractivity contribution in [2.75, 3.05) is 19.0 Å². The molecule has 1 unspecified atom stereocenters. The summed E-state index contributed by atoms with van der Waals surface area (Å²) in [6, 6.07) is 1.50. The van der Waals surface area contributed by atoms with Gasteiger partial charge in [0.1, 0.15) is 11.6 Å². The lowest BCUT2D eigenvalue weighted by Gasteiger charge is -2.15. The summed E-state index contributed by atoms with van der Waals surface area (Å²) in [6.45, 7) is 2.11. The molecule has 0 radical (unpaired) electrons. The maximum atomic E-state index is 13.4. The predicted molar refractivity (Wildman–Crippen MR) is 59.8 cm³/mol. The normalized spacial score (nSPS) is 12.2. The fourth-order valence-corrected chi connectivity index (χ4v) is 1.41. The van der Waals surface area contributed by atoms with Gasteiger partial charge in [-0.2, -0.15) is 0 Å². The van der Waals surface area contributed by atoms with Crippen LogP contribution in [0.1, 0.15) is 17.3 Å². The molecule has 0 spiro atoms. The second-order valence-corrected chi connectivity index (χ2v) is 3.68. The fourth-order valence-electron chi connectivity index (χ4n) is 1.41. The van der Waals surface area contributed by atoms with Gasteiger partial charge in [-0.15, -0.1) is 0 Å². The third-order valence-corrected chi connectivity index (χ3v) is 2.14. The topological polar surface area (TPSA) is 64.3 Å². The van der Waals surface area contributed by atoms with Gasteiger partial charge in [-0.05, 0) is 13.0 Å². The molecule has 0 saturated heterocycles. The van der Waals surface area contributed by atoms with Gasteiger partial charge in [-0.1, -0.05) is 0 Å². The number of rotatable bonds is 5. The van der Waals surface area contributed by atoms with Crippen LogP contribution in [0, 0.1) is 11.6 Å². The lowest BCUT2D eigenvalue weighted by Crippen LogP contribution is -2.22. The number of anilines is 1. The number of primary amides is 1. The second-order valence-electron chi connectivity index (χ2n) is 3.68. The first-order valence-corrected chi connectivity index (χ1v) is 5.00. The molecule has 0 bridgehead atoms. The van der Waals surface area contributed by atoms with Crippen LogP contribution in [0.3, 0.4) is 0 Å². The number of halogens is 2. The first kappa shape index (κ1) is 13.4. The minimum atomic E-state index is -0.972. The zero-order valence-corrected chi connectivity index (χ0v) is 9.59. The maximum Gasteiger partial charge on any atom is 0.251 e. The van der Waals surface area contributed by atoms with E-state index in [-0.39, 0.29) is 17.3 Å². The Morgan fingerprint density at radius 3 is 2.65 bits per heavy atom. The first-order valence-electron chi connectivity index (χ1n) is 5.00. The summed E-state index contributed by atoms with van der Waals surface area (Å²) in [4.78, 5) is 10.9. The lowest BCUT2D eigenvalue weighted by atomic mass is 10.1. The highest BCUT2D eigenvalue weighted by Gasteiger charge is 2.14. The molecule has 0 heterocycles. The summed E-state index contributed by atoms with van der Waals surface area (Å²) >= 11 is 0. The molecule has 1 rings (SSSR count). The van der Waals surface area contributed by atoms with Crippen LogP contribution in [-0.4, -0.2) is 25.7 Å². The maximum absolute atomic E-state index is 13.4. The van der Waals surface area contributed by atoms with Crippen LogP contribution in [0.15, 0.2) is 12.1 Å². The van der Waals surface area contributed by atoms with Gasteiger partial charge < -0.3 is 15.8 Å². The van der Waals surface area contributed by atoms with Gasteiger partial charge in [-0.25, -0.2) is 8.78 Å². The Morgan fingerprint density at radius 1 is 1.47 bits per heavy atom. The van der Waals surface area contributed by atoms with Crippen molar-refractivity contribution in [3.63, 3.8) is 0 Å². The average molecular weight is 244 g/mol. The zero-order chi connectivity index (χ0) is 13.0. The number of carbonyl (C=O) groups excluding carboxylic acids is 1. The van der Waals surface area contributed by atoms with Crippen molar-refractivity contribution < 1.29 is 18.3 Å². The number of hydrogen-bond donors (Lipinski definition) is 2. The fraction of sp³-hybridized carbons (Fsp3) is 0.364. The monoisotopic (exact) mass is 244 g/mol. The Balaban J connectivity index is 2.99. The van der Waals surface area contributed by atoms with Crippen LogP contribution < -0.4 is 11.1 Å². The molecule has 0 aliphatic rings. The summed E-state index contributed by atoms with van der Waals surface area (Å²) in [6.07, 6.45) is 0. The Hall–Kier alpha value is -1.69. The standard InChI is InChI=1S/C11H14F2N2O2/c1-6(5-17-2)15-10-3-7(11(14)16)8(12)4-9(10)13/h3-4,6,15H,5H2,1-2H3,(H2,14,16). The molecule has 0 aliphatic carbocycles. The summed E-state index contributed by atoms with van der Waals surface area (Å²) in [5.74, 6) is -2.69. The van der Waals surface area contributed by atoms with E-state index < -0.39 is 17.5 Å². The Kier molecular flexibility index (Phi) is 4.39. The summed E-state index contributed by atoms with van der Waals surface area (Å²) in [5.41, 5.74) is 4.64. The van der Waals surface area contributed by atoms with Gasteiger partial charge in [0.2, 0.25) is 0 Å². The molecule has 4 nitrogen and oxygen atoms in total. The van der Waals surface area contributed by atoms with E-state index in [2.05, 4.69) is 5.32 Å². The Labute approximate surface area is 97.8 Å². The van der Waals surface area contributed by atoms with Crippen molar-refractivity contribution in [2.45, 2.75) is 13.0 Å². The van der Waals surface area contributed by atoms with E-state index in [1.54, 1.807) is 6.92 Å². The molecular weight excluding hydrogens is 230 g/mol. The lowest BCUT2D eigenvalue weighted by molar-refractivity contribution is 0.0996. The molecule has 0 fully saturated rings. The van der Waals surface area contributed by atoms with Crippen molar-refractivity contribution >= 4 is 11.6 Å². The first-order chi connectivity index (χ1) is 7.95. The SMILES string of the molecule is COCC(C)Nc1cc(C(N)=O)c(F)cc1F. The smallest absolute Gasteiger partial charge is 0.251 e. The van der Waals surface area contributed by atoms with Crippen molar-refractivity contribution in [3.8, 4) is 0 Å². The number of ether oxygens (including phenoxy) is 1. The van der Waals surface area contributed by atoms with Crippen LogP contribution in [0.5, 0.6) is 0 Å². The van der Waals surface area contributed by atoms with Crippen molar-refractivity contribution in [1.29, 1.82) is 0 Å². The molecular formula is C11H14F2N2O2. The molecule has 0 aromatic heterocycles. The van der Waals surface area contributed by atoms with Crippen molar-refractivity contribution in [3.05, 3.63) is 29.3 Å². The Bertz CT molecular complexity index is 424. The van der Waals surface area contributed by atoms with Gasteiger partial charge in [0, 0.05) is 19.2 Å². The molecule has 3 N–H and O–H groups in total. The summed E-state index contributed by atoms with van der Waals surface area (Å²) in [7, 11) is 1.51. The molecule has 0 aliphatic heterocycles. The molecule has 1 amide bonds. The third kappa shape index (κ3) is 3.39. The zero-order valence-electron chi connectivity index (χ0n) is 9.59. The highest BCUT2D eigenvalue weighted by atomic mass is 19.1. The van der Waals surface area contributed by atoms with Crippen LogP contribution in [0.2, 0.25) is 0 Å². The minimum absolute atomic E-state index is 0.0183. The van der Waals surface area contributed by atoms with Gasteiger partial charge in [0.15, 0.2) is 0 Å².